The zero-order valence-electron chi connectivity index (χ0n) is 22.3. The van der Waals surface area contributed by atoms with Crippen molar-refractivity contribution in [3.05, 3.63) is 89.5 Å². The Hall–Kier alpha value is -4.59. The zero-order chi connectivity index (χ0) is 27.9. The van der Waals surface area contributed by atoms with Crippen molar-refractivity contribution < 1.29 is 29.0 Å². The number of aliphatic hydroxyl groups is 1. The number of hydrogen-bond donors (Lipinski definition) is 2. The van der Waals surface area contributed by atoms with Crippen LogP contribution in [0, 0.1) is 0 Å². The first-order valence-corrected chi connectivity index (χ1v) is 12.9. The number of carbonyl (C=O) groups is 3. The molecular formula is C31H32N2O6. The number of nitrogens with zero attached hydrogens (tertiary/aromatic N) is 1. The molecule has 1 unspecified atom stereocenters. The number of aliphatic hydroxyl groups excluding tert-OH is 1. The predicted octanol–water partition coefficient (Wildman–Crippen LogP) is 5.85. The van der Waals surface area contributed by atoms with Gasteiger partial charge in [0, 0.05) is 23.9 Å². The highest BCUT2D eigenvalue weighted by Crippen LogP contribution is 2.43. The molecule has 1 saturated heterocycles. The van der Waals surface area contributed by atoms with Gasteiger partial charge in [0.2, 0.25) is 5.91 Å². The van der Waals surface area contributed by atoms with Crippen molar-refractivity contribution in [2.75, 3.05) is 23.9 Å². The lowest BCUT2D eigenvalue weighted by molar-refractivity contribution is -0.132. The Bertz CT molecular complexity index is 1380. The van der Waals surface area contributed by atoms with E-state index in [1.807, 2.05) is 0 Å². The van der Waals surface area contributed by atoms with Crippen LogP contribution < -0.4 is 19.7 Å². The fraction of sp³-hybridized carbons (Fsp3) is 0.258. The van der Waals surface area contributed by atoms with Gasteiger partial charge >= 0.3 is 0 Å². The van der Waals surface area contributed by atoms with E-state index in [0.717, 1.165) is 19.3 Å². The maximum atomic E-state index is 13.4. The minimum atomic E-state index is -0.909. The molecule has 2 N–H and O–H groups in total. The van der Waals surface area contributed by atoms with E-state index >= 15 is 0 Å². The summed E-state index contributed by atoms with van der Waals surface area (Å²) in [6, 6.07) is 19.5. The summed E-state index contributed by atoms with van der Waals surface area (Å²) in [5.41, 5.74) is 1.84. The molecule has 1 atom stereocenters. The van der Waals surface area contributed by atoms with Gasteiger partial charge in [-0.05, 0) is 66.6 Å². The van der Waals surface area contributed by atoms with E-state index in [4.69, 9.17) is 9.47 Å². The molecule has 8 nitrogen and oxygen atoms in total. The zero-order valence-corrected chi connectivity index (χ0v) is 22.3. The van der Waals surface area contributed by atoms with Crippen LogP contribution >= 0.6 is 0 Å². The van der Waals surface area contributed by atoms with Gasteiger partial charge in [0.05, 0.1) is 25.3 Å². The fourth-order valence-electron chi connectivity index (χ4n) is 4.54. The van der Waals surface area contributed by atoms with E-state index in [9.17, 15) is 19.5 Å². The van der Waals surface area contributed by atoms with Crippen LogP contribution in [0.3, 0.4) is 0 Å². The number of carbonyl (C=O) groups excluding carboxylic acids is 3. The summed E-state index contributed by atoms with van der Waals surface area (Å²) < 4.78 is 11.0. The Morgan fingerprint density at radius 2 is 1.67 bits per heavy atom. The molecule has 0 saturated carbocycles. The van der Waals surface area contributed by atoms with E-state index in [-0.39, 0.29) is 17.2 Å². The third-order valence-electron chi connectivity index (χ3n) is 6.47. The molecule has 0 spiro atoms. The molecule has 0 aliphatic carbocycles. The summed E-state index contributed by atoms with van der Waals surface area (Å²) >= 11 is 0. The number of anilines is 2. The van der Waals surface area contributed by atoms with Crippen molar-refractivity contribution in [2.24, 2.45) is 0 Å². The number of Topliss-reactive ketones (excluding diaryl/α,β-unsaturated/α-hetero) is 1. The van der Waals surface area contributed by atoms with Gasteiger partial charge in [0.15, 0.2) is 0 Å². The van der Waals surface area contributed by atoms with Crippen LogP contribution in [-0.2, 0) is 14.4 Å². The van der Waals surface area contributed by atoms with Gasteiger partial charge in [0.25, 0.3) is 11.7 Å². The van der Waals surface area contributed by atoms with Crippen molar-refractivity contribution in [1.82, 2.24) is 0 Å². The molecule has 1 aliphatic heterocycles. The van der Waals surface area contributed by atoms with Gasteiger partial charge < -0.3 is 19.9 Å². The van der Waals surface area contributed by atoms with Gasteiger partial charge in [-0.25, -0.2) is 0 Å². The number of hydrogen-bond acceptors (Lipinski definition) is 6. The van der Waals surface area contributed by atoms with Gasteiger partial charge in [0.1, 0.15) is 17.3 Å². The van der Waals surface area contributed by atoms with Gasteiger partial charge in [-0.1, -0.05) is 38.0 Å². The lowest BCUT2D eigenvalue weighted by Crippen LogP contribution is -2.29. The maximum Gasteiger partial charge on any atom is 0.300 e. The molecule has 39 heavy (non-hydrogen) atoms. The number of nitrogens with one attached hydrogen (secondary N) is 1. The molecule has 3 aromatic rings. The smallest absolute Gasteiger partial charge is 0.300 e. The van der Waals surface area contributed by atoms with Gasteiger partial charge in [-0.3, -0.25) is 19.3 Å². The lowest BCUT2D eigenvalue weighted by Gasteiger charge is -2.26. The van der Waals surface area contributed by atoms with Crippen molar-refractivity contribution >= 4 is 34.7 Å². The van der Waals surface area contributed by atoms with E-state index in [1.165, 1.54) is 11.8 Å². The van der Waals surface area contributed by atoms with Crippen LogP contribution in [0.5, 0.6) is 11.5 Å². The second-order valence-electron chi connectivity index (χ2n) is 9.25. The highest BCUT2D eigenvalue weighted by molar-refractivity contribution is 6.51. The molecule has 1 aliphatic rings. The summed E-state index contributed by atoms with van der Waals surface area (Å²) in [5.74, 6) is -0.875. The molecular weight excluding hydrogens is 496 g/mol. The summed E-state index contributed by atoms with van der Waals surface area (Å²) in [7, 11) is 1.55. The molecule has 8 heteroatoms. The Morgan fingerprint density at radius 3 is 2.31 bits per heavy atom. The van der Waals surface area contributed by atoms with E-state index in [2.05, 4.69) is 12.2 Å². The van der Waals surface area contributed by atoms with Gasteiger partial charge in [-0.2, -0.15) is 0 Å². The monoisotopic (exact) mass is 528 g/mol. The van der Waals surface area contributed by atoms with Crippen molar-refractivity contribution in [3.8, 4) is 11.5 Å². The molecule has 202 valence electrons. The Labute approximate surface area is 227 Å². The largest absolute Gasteiger partial charge is 0.507 e. The summed E-state index contributed by atoms with van der Waals surface area (Å²) in [6.07, 6.45) is 3.13. The predicted molar refractivity (Wildman–Crippen MR) is 150 cm³/mol. The highest BCUT2D eigenvalue weighted by Gasteiger charge is 2.47. The quantitative estimate of drug-likeness (QED) is 0.148. The first-order valence-electron chi connectivity index (χ1n) is 12.9. The Balaban J connectivity index is 1.77. The second kappa shape index (κ2) is 12.3. The standard InChI is InChI=1S/C31H32N2O6/c1-4-5-6-18-39-26-16-12-22(13-17-26)29(35)27-28(21-10-14-25(38-3)15-11-21)33(31(37)30(27)36)24-9-7-8-23(19-24)32-20(2)34/h7-17,19,28,35H,4-6,18H2,1-3H3,(H,32,34)/b29-27+. The summed E-state index contributed by atoms with van der Waals surface area (Å²) in [6.45, 7) is 4.11. The number of ether oxygens (including phenoxy) is 2. The SMILES string of the molecule is CCCCCOc1ccc(/C(O)=C2\C(=O)C(=O)N(c3cccc(NC(C)=O)c3)C2c2ccc(OC)cc2)cc1. The van der Waals surface area contributed by atoms with Crippen molar-refractivity contribution in [1.29, 1.82) is 0 Å². The first-order chi connectivity index (χ1) is 18.8. The van der Waals surface area contributed by atoms with Gasteiger partial charge in [-0.15, -0.1) is 0 Å². The first kappa shape index (κ1) is 27.4. The number of ketones is 1. The Morgan fingerprint density at radius 1 is 0.974 bits per heavy atom. The Kier molecular flexibility index (Phi) is 8.66. The van der Waals surface area contributed by atoms with Crippen molar-refractivity contribution in [2.45, 2.75) is 39.2 Å². The average molecular weight is 529 g/mol. The van der Waals surface area contributed by atoms with Crippen LogP contribution in [0.2, 0.25) is 0 Å². The minimum absolute atomic E-state index is 0.0355. The lowest BCUT2D eigenvalue weighted by atomic mass is 9.95. The number of methoxy groups -OCH3 is 1. The summed E-state index contributed by atoms with van der Waals surface area (Å²) in [4.78, 5) is 39.8. The number of rotatable bonds is 10. The van der Waals surface area contributed by atoms with E-state index < -0.39 is 17.7 Å². The molecule has 2 amide bonds. The number of amides is 2. The van der Waals surface area contributed by atoms with E-state index in [1.54, 1.807) is 79.9 Å². The highest BCUT2D eigenvalue weighted by atomic mass is 16.5. The molecule has 3 aromatic carbocycles. The number of unbranched alkanes of at least 4 members (excludes halogenated alkanes) is 2. The van der Waals surface area contributed by atoms with E-state index in [0.29, 0.717) is 40.6 Å². The normalized spacial score (nSPS) is 16.3. The maximum absolute atomic E-state index is 13.4. The molecule has 4 rings (SSSR count). The topological polar surface area (TPSA) is 105 Å². The molecule has 1 fully saturated rings. The third-order valence-corrected chi connectivity index (χ3v) is 6.47. The molecule has 0 bridgehead atoms. The fourth-order valence-corrected chi connectivity index (χ4v) is 4.54. The number of benzene rings is 3. The molecule has 1 heterocycles. The van der Waals surface area contributed by atoms with Crippen molar-refractivity contribution in [3.63, 3.8) is 0 Å². The van der Waals surface area contributed by atoms with Crippen LogP contribution in [0.4, 0.5) is 11.4 Å². The third kappa shape index (κ3) is 6.12. The second-order valence-corrected chi connectivity index (χ2v) is 9.25. The minimum Gasteiger partial charge on any atom is -0.507 e. The van der Waals surface area contributed by atoms with Crippen LogP contribution in [-0.4, -0.2) is 36.4 Å². The summed E-state index contributed by atoms with van der Waals surface area (Å²) in [5, 5.41) is 14.1. The average Bonchev–Trinajstić information content (AvgIpc) is 3.21. The van der Waals surface area contributed by atoms with Crippen LogP contribution in [0.15, 0.2) is 78.4 Å². The molecule has 0 radical (unpaired) electrons. The molecule has 0 aromatic heterocycles. The van der Waals surface area contributed by atoms with Crippen LogP contribution in [0.1, 0.15) is 50.3 Å². The van der Waals surface area contributed by atoms with Crippen LogP contribution in [0.25, 0.3) is 5.76 Å².